The molecule has 27 heavy (non-hydrogen) atoms. The number of allylic oxidation sites excluding steroid dienone is 2. The van der Waals surface area contributed by atoms with Gasteiger partial charge in [-0.2, -0.15) is 0 Å². The van der Waals surface area contributed by atoms with Crippen LogP contribution in [0.15, 0.2) is 40.3 Å². The zero-order chi connectivity index (χ0) is 20.1. The number of nitrogens with two attached hydrogens (primary N) is 2. The zero-order valence-electron chi connectivity index (χ0n) is 15.2. The Labute approximate surface area is 155 Å². The predicted molar refractivity (Wildman–Crippen MR) is 97.1 cm³/mol. The van der Waals surface area contributed by atoms with E-state index in [2.05, 4.69) is 15.8 Å². The first-order valence-corrected chi connectivity index (χ1v) is 8.05. The molecular weight excluding hydrogens is 356 g/mol. The molecule has 7 nitrogen and oxygen atoms in total. The highest BCUT2D eigenvalue weighted by atomic mass is 19.1. The lowest BCUT2D eigenvalue weighted by Crippen LogP contribution is -2.22. The molecule has 1 amide bonds. The number of rotatable bonds is 6. The number of aryl methyl sites for hydroxylation is 2. The van der Waals surface area contributed by atoms with Gasteiger partial charge in [0.1, 0.15) is 11.6 Å². The summed E-state index contributed by atoms with van der Waals surface area (Å²) in [5.41, 5.74) is 12.8. The van der Waals surface area contributed by atoms with Gasteiger partial charge < -0.3 is 21.3 Å². The maximum absolute atomic E-state index is 13.9. The molecule has 6 N–H and O–H groups in total. The fourth-order valence-electron chi connectivity index (χ4n) is 2.09. The van der Waals surface area contributed by atoms with Gasteiger partial charge in [0.15, 0.2) is 0 Å². The van der Waals surface area contributed by atoms with Crippen molar-refractivity contribution >= 4 is 11.8 Å². The number of carbonyl (C=O) groups is 1. The maximum atomic E-state index is 13.9. The molecule has 0 saturated heterocycles. The summed E-state index contributed by atoms with van der Waals surface area (Å²) in [5, 5.41) is 8.87. The van der Waals surface area contributed by atoms with E-state index in [4.69, 9.17) is 16.0 Å². The summed E-state index contributed by atoms with van der Waals surface area (Å²) in [6, 6.07) is 2.54. The van der Waals surface area contributed by atoms with Gasteiger partial charge in [0.2, 0.25) is 5.88 Å². The first kappa shape index (κ1) is 20.0. The van der Waals surface area contributed by atoms with Crippen molar-refractivity contribution in [2.24, 2.45) is 11.5 Å². The largest absolute Gasteiger partial charge is 0.394 e. The molecule has 0 aliphatic rings. The first-order valence-electron chi connectivity index (χ1n) is 8.05. The van der Waals surface area contributed by atoms with Crippen LogP contribution >= 0.6 is 0 Å². The summed E-state index contributed by atoms with van der Waals surface area (Å²) >= 11 is 0. The summed E-state index contributed by atoms with van der Waals surface area (Å²) in [7, 11) is 0. The van der Waals surface area contributed by atoms with Gasteiger partial charge in [-0.1, -0.05) is 11.2 Å². The third-order valence-electron chi connectivity index (χ3n) is 3.94. The van der Waals surface area contributed by atoms with Gasteiger partial charge in [-0.05, 0) is 44.6 Å². The van der Waals surface area contributed by atoms with E-state index in [0.717, 1.165) is 0 Å². The van der Waals surface area contributed by atoms with E-state index in [0.29, 0.717) is 16.8 Å². The molecule has 0 fully saturated rings. The summed E-state index contributed by atoms with van der Waals surface area (Å²) in [4.78, 5) is 12.0. The van der Waals surface area contributed by atoms with Crippen molar-refractivity contribution in [1.29, 1.82) is 0 Å². The summed E-state index contributed by atoms with van der Waals surface area (Å²) in [6.45, 7) is 4.87. The minimum atomic E-state index is -0.675. The summed E-state index contributed by atoms with van der Waals surface area (Å²) in [6.07, 6.45) is 2.58. The molecule has 0 atom stereocenters. The second-order valence-electron chi connectivity index (χ2n) is 5.93. The standard InChI is InChI=1S/C18H21F2N5O2/c1-9-4-5-13(19)12(16(9)20)8-23-15(22)7-6-14(21)17(26)24-18-10(2)11(3)25-27-18/h4-7,23H,8,21-22H2,1-3H3,(H,24,26)/b14-6-,15-7+. The van der Waals surface area contributed by atoms with Gasteiger partial charge in [0.05, 0.1) is 17.2 Å². The monoisotopic (exact) mass is 377 g/mol. The number of aromatic nitrogens is 1. The van der Waals surface area contributed by atoms with E-state index in [1.54, 1.807) is 13.8 Å². The third-order valence-corrected chi connectivity index (χ3v) is 3.94. The SMILES string of the molecule is Cc1ccc(F)c(CN/C(N)=C/C=C(\N)C(=O)Nc2onc(C)c2C)c1F. The van der Waals surface area contributed by atoms with Crippen molar-refractivity contribution in [3.63, 3.8) is 0 Å². The van der Waals surface area contributed by atoms with Crippen molar-refractivity contribution in [1.82, 2.24) is 10.5 Å². The number of nitrogens with zero attached hydrogens (tertiary/aromatic N) is 1. The Hall–Kier alpha value is -3.36. The first-order chi connectivity index (χ1) is 12.7. The van der Waals surface area contributed by atoms with Crippen LogP contribution in [-0.2, 0) is 11.3 Å². The predicted octanol–water partition coefficient (Wildman–Crippen LogP) is 2.25. The molecule has 144 valence electrons. The zero-order valence-corrected chi connectivity index (χ0v) is 15.2. The molecule has 0 bridgehead atoms. The minimum absolute atomic E-state index is 0.0812. The molecule has 0 unspecified atom stereocenters. The number of carbonyl (C=O) groups excluding carboxylic acids is 1. The van der Waals surface area contributed by atoms with E-state index in [-0.39, 0.29) is 29.5 Å². The molecule has 0 saturated carbocycles. The Balaban J connectivity index is 2.00. The van der Waals surface area contributed by atoms with Crippen LogP contribution in [-0.4, -0.2) is 11.1 Å². The number of amides is 1. The highest BCUT2D eigenvalue weighted by Crippen LogP contribution is 2.18. The Morgan fingerprint density at radius 3 is 2.56 bits per heavy atom. The Morgan fingerprint density at radius 1 is 1.22 bits per heavy atom. The van der Waals surface area contributed by atoms with Gasteiger partial charge in [-0.3, -0.25) is 10.1 Å². The van der Waals surface area contributed by atoms with Crippen molar-refractivity contribution < 1.29 is 18.1 Å². The lowest BCUT2D eigenvalue weighted by atomic mass is 10.1. The number of benzene rings is 1. The molecule has 2 aromatic rings. The van der Waals surface area contributed by atoms with Gasteiger partial charge >= 0.3 is 0 Å². The summed E-state index contributed by atoms with van der Waals surface area (Å²) in [5.74, 6) is -1.63. The number of hydrogen-bond donors (Lipinski definition) is 4. The molecule has 1 aromatic carbocycles. The smallest absolute Gasteiger partial charge is 0.273 e. The fourth-order valence-corrected chi connectivity index (χ4v) is 2.09. The van der Waals surface area contributed by atoms with Crippen molar-refractivity contribution in [3.8, 4) is 0 Å². The molecule has 0 spiro atoms. The molecule has 0 radical (unpaired) electrons. The molecule has 2 rings (SSSR count). The molecule has 0 aliphatic carbocycles. The molecule has 0 aliphatic heterocycles. The third kappa shape index (κ3) is 4.84. The van der Waals surface area contributed by atoms with Gasteiger partial charge in [-0.15, -0.1) is 0 Å². The molecular formula is C18H21F2N5O2. The lowest BCUT2D eigenvalue weighted by Gasteiger charge is -2.09. The van der Waals surface area contributed by atoms with Crippen molar-refractivity contribution in [2.45, 2.75) is 27.3 Å². The minimum Gasteiger partial charge on any atom is -0.394 e. The number of nitrogens with one attached hydrogen (secondary N) is 2. The van der Waals surface area contributed by atoms with E-state index in [1.165, 1.54) is 31.2 Å². The summed E-state index contributed by atoms with van der Waals surface area (Å²) < 4.78 is 32.6. The van der Waals surface area contributed by atoms with Crippen molar-refractivity contribution in [2.75, 3.05) is 5.32 Å². The fraction of sp³-hybridized carbons (Fsp3) is 0.222. The highest BCUT2D eigenvalue weighted by molar-refractivity contribution is 6.02. The maximum Gasteiger partial charge on any atom is 0.273 e. The molecule has 1 heterocycles. The average Bonchev–Trinajstić information content (AvgIpc) is 2.94. The van der Waals surface area contributed by atoms with Crippen LogP contribution in [0, 0.1) is 32.4 Å². The molecule has 1 aromatic heterocycles. The van der Waals surface area contributed by atoms with Crippen LogP contribution in [0.3, 0.4) is 0 Å². The number of halogens is 2. The Bertz CT molecular complexity index is 919. The Morgan fingerprint density at radius 2 is 1.93 bits per heavy atom. The van der Waals surface area contributed by atoms with Gasteiger partial charge in [0.25, 0.3) is 5.91 Å². The van der Waals surface area contributed by atoms with Gasteiger partial charge in [0, 0.05) is 17.7 Å². The average molecular weight is 377 g/mol. The van der Waals surface area contributed by atoms with Crippen molar-refractivity contribution in [3.05, 3.63) is 69.8 Å². The van der Waals surface area contributed by atoms with Gasteiger partial charge in [-0.25, -0.2) is 8.78 Å². The van der Waals surface area contributed by atoms with Crippen LogP contribution in [0.2, 0.25) is 0 Å². The van der Waals surface area contributed by atoms with Crippen LogP contribution < -0.4 is 22.1 Å². The molecule has 9 heteroatoms. The van der Waals surface area contributed by atoms with Crippen LogP contribution in [0.1, 0.15) is 22.4 Å². The van der Waals surface area contributed by atoms with E-state index >= 15 is 0 Å². The second kappa shape index (κ2) is 8.35. The number of hydrogen-bond acceptors (Lipinski definition) is 6. The Kier molecular flexibility index (Phi) is 6.17. The van der Waals surface area contributed by atoms with E-state index < -0.39 is 17.5 Å². The van der Waals surface area contributed by atoms with E-state index in [1.807, 2.05) is 0 Å². The quantitative estimate of drug-likeness (QED) is 0.453. The number of anilines is 1. The van der Waals surface area contributed by atoms with Crippen LogP contribution in [0.5, 0.6) is 0 Å². The van der Waals surface area contributed by atoms with E-state index in [9.17, 15) is 13.6 Å². The van der Waals surface area contributed by atoms with Crippen LogP contribution in [0.25, 0.3) is 0 Å². The second-order valence-corrected chi connectivity index (χ2v) is 5.93. The lowest BCUT2D eigenvalue weighted by molar-refractivity contribution is -0.113. The normalized spacial score (nSPS) is 12.2. The highest BCUT2D eigenvalue weighted by Gasteiger charge is 2.13. The topological polar surface area (TPSA) is 119 Å². The van der Waals surface area contributed by atoms with Crippen LogP contribution in [0.4, 0.5) is 14.7 Å².